The first-order valence-electron chi connectivity index (χ1n) is 10.5. The van der Waals surface area contributed by atoms with E-state index in [1.807, 2.05) is 74.8 Å². The maximum Gasteiger partial charge on any atom is 0.127 e. The van der Waals surface area contributed by atoms with Gasteiger partial charge in [0.1, 0.15) is 5.84 Å². The van der Waals surface area contributed by atoms with Crippen molar-refractivity contribution >= 4 is 23.9 Å². The molecule has 0 aliphatic carbocycles. The lowest BCUT2D eigenvalue weighted by molar-refractivity contribution is 1.03. The molecule has 1 heterocycles. The molecule has 0 radical (unpaired) electrons. The predicted molar refractivity (Wildman–Crippen MR) is 144 cm³/mol. The minimum absolute atomic E-state index is 0.445. The van der Waals surface area contributed by atoms with Gasteiger partial charge in [0.2, 0.25) is 0 Å². The van der Waals surface area contributed by atoms with Gasteiger partial charge in [-0.05, 0) is 85.5 Å². The highest BCUT2D eigenvalue weighted by molar-refractivity contribution is 6.04. The third kappa shape index (κ3) is 8.38. The lowest BCUT2D eigenvalue weighted by Gasteiger charge is -2.13. The molecule has 0 unspecified atom stereocenters. The molecule has 0 fully saturated rings. The zero-order valence-electron chi connectivity index (χ0n) is 19.3. The van der Waals surface area contributed by atoms with Gasteiger partial charge in [-0.2, -0.15) is 0 Å². The standard InChI is InChI=1S/C27H32N6/c1-6-23(12-15-30-7-2)26-16-20(3)8-9-22(18-31-26)19-32-27(13-14-29-5)33-24-10-11-25(28)21(4)17-24/h6-18,30-31H,2-3,5,19,28H2,1,4H3,(H,32,33)/b9-8-,14-13-,15-12-,22-18+,23-6+,26-16-. The minimum Gasteiger partial charge on any atom is -0.399 e. The molecular formula is C27H32N6. The van der Waals surface area contributed by atoms with Gasteiger partial charge in [-0.1, -0.05) is 31.4 Å². The van der Waals surface area contributed by atoms with Crippen molar-refractivity contribution in [3.8, 4) is 0 Å². The van der Waals surface area contributed by atoms with E-state index in [0.717, 1.165) is 39.4 Å². The van der Waals surface area contributed by atoms with E-state index < -0.39 is 0 Å². The summed E-state index contributed by atoms with van der Waals surface area (Å²) in [6, 6.07) is 5.76. The maximum atomic E-state index is 5.93. The summed E-state index contributed by atoms with van der Waals surface area (Å²) in [6.07, 6.45) is 18.7. The lowest BCUT2D eigenvalue weighted by atomic mass is 10.1. The van der Waals surface area contributed by atoms with Crippen molar-refractivity contribution in [1.29, 1.82) is 0 Å². The Morgan fingerprint density at radius 3 is 2.76 bits per heavy atom. The van der Waals surface area contributed by atoms with Crippen molar-refractivity contribution in [2.45, 2.75) is 13.8 Å². The maximum absolute atomic E-state index is 5.93. The first kappa shape index (κ1) is 24.9. The summed E-state index contributed by atoms with van der Waals surface area (Å²) in [5.74, 6) is 0.657. The molecule has 1 aliphatic rings. The molecule has 1 aromatic carbocycles. The van der Waals surface area contributed by atoms with Crippen LogP contribution in [0.1, 0.15) is 12.5 Å². The van der Waals surface area contributed by atoms with E-state index in [0.29, 0.717) is 12.4 Å². The number of aliphatic imine (C=N–C) groups is 2. The van der Waals surface area contributed by atoms with Crippen LogP contribution < -0.4 is 21.7 Å². The van der Waals surface area contributed by atoms with Gasteiger partial charge in [0, 0.05) is 35.7 Å². The first-order valence-corrected chi connectivity index (χ1v) is 10.5. The van der Waals surface area contributed by atoms with Gasteiger partial charge < -0.3 is 21.7 Å². The number of aryl methyl sites for hydroxylation is 1. The molecule has 0 saturated heterocycles. The molecular weight excluding hydrogens is 408 g/mol. The third-order valence-corrected chi connectivity index (χ3v) is 4.67. The van der Waals surface area contributed by atoms with Crippen LogP contribution in [0.4, 0.5) is 11.4 Å². The summed E-state index contributed by atoms with van der Waals surface area (Å²) in [5, 5.41) is 9.64. The number of rotatable bonds is 9. The van der Waals surface area contributed by atoms with Gasteiger partial charge in [0.15, 0.2) is 0 Å². The van der Waals surface area contributed by atoms with Crippen LogP contribution in [0.25, 0.3) is 0 Å². The van der Waals surface area contributed by atoms with Crippen molar-refractivity contribution in [2.24, 2.45) is 9.98 Å². The summed E-state index contributed by atoms with van der Waals surface area (Å²) in [5.41, 5.74) is 12.4. The van der Waals surface area contributed by atoms with Crippen molar-refractivity contribution in [3.63, 3.8) is 0 Å². The summed E-state index contributed by atoms with van der Waals surface area (Å²) >= 11 is 0. The summed E-state index contributed by atoms with van der Waals surface area (Å²) in [6.45, 7) is 15.7. The number of allylic oxidation sites excluding steroid dienone is 5. The largest absolute Gasteiger partial charge is 0.399 e. The van der Waals surface area contributed by atoms with E-state index >= 15 is 0 Å². The van der Waals surface area contributed by atoms with Crippen molar-refractivity contribution in [3.05, 3.63) is 121 Å². The fraction of sp³-hybridized carbons (Fsp3) is 0.111. The second-order valence-corrected chi connectivity index (χ2v) is 7.17. The highest BCUT2D eigenvalue weighted by Crippen LogP contribution is 2.18. The molecule has 1 aliphatic heterocycles. The number of nitrogens with one attached hydrogen (secondary N) is 3. The van der Waals surface area contributed by atoms with Crippen molar-refractivity contribution < 1.29 is 0 Å². The normalized spacial score (nSPS) is 19.0. The minimum atomic E-state index is 0.445. The molecule has 6 nitrogen and oxygen atoms in total. The third-order valence-electron chi connectivity index (χ3n) is 4.67. The van der Waals surface area contributed by atoms with E-state index in [4.69, 9.17) is 10.7 Å². The molecule has 0 spiro atoms. The number of nitrogen functional groups attached to an aromatic ring is 1. The van der Waals surface area contributed by atoms with Gasteiger partial charge in [-0.3, -0.25) is 9.98 Å². The number of benzene rings is 1. The smallest absolute Gasteiger partial charge is 0.127 e. The molecule has 6 heteroatoms. The molecule has 0 saturated carbocycles. The van der Waals surface area contributed by atoms with Crippen LogP contribution >= 0.6 is 0 Å². The molecule has 1 aromatic rings. The molecule has 2 rings (SSSR count). The second-order valence-electron chi connectivity index (χ2n) is 7.17. The monoisotopic (exact) mass is 440 g/mol. The summed E-state index contributed by atoms with van der Waals surface area (Å²) in [4.78, 5) is 8.52. The fourth-order valence-corrected chi connectivity index (χ4v) is 2.86. The van der Waals surface area contributed by atoms with E-state index in [9.17, 15) is 0 Å². The van der Waals surface area contributed by atoms with Crippen LogP contribution in [-0.2, 0) is 0 Å². The molecule has 5 N–H and O–H groups in total. The fourth-order valence-electron chi connectivity index (χ4n) is 2.86. The first-order chi connectivity index (χ1) is 16.0. The van der Waals surface area contributed by atoms with Gasteiger partial charge in [-0.25, -0.2) is 0 Å². The second kappa shape index (κ2) is 13.2. The zero-order chi connectivity index (χ0) is 24.1. The number of amidine groups is 1. The number of anilines is 2. The van der Waals surface area contributed by atoms with Crippen LogP contribution in [-0.4, -0.2) is 19.1 Å². The van der Waals surface area contributed by atoms with E-state index in [1.165, 1.54) is 0 Å². The number of hydrogen-bond acceptors (Lipinski definition) is 5. The highest BCUT2D eigenvalue weighted by atomic mass is 15.0. The summed E-state index contributed by atoms with van der Waals surface area (Å²) in [7, 11) is 0. The van der Waals surface area contributed by atoms with Gasteiger partial charge in [-0.15, -0.1) is 0 Å². The molecule has 33 heavy (non-hydrogen) atoms. The van der Waals surface area contributed by atoms with Crippen molar-refractivity contribution in [1.82, 2.24) is 10.6 Å². The van der Waals surface area contributed by atoms with Crippen LogP contribution in [0.2, 0.25) is 0 Å². The van der Waals surface area contributed by atoms with Gasteiger partial charge in [0.25, 0.3) is 0 Å². The topological polar surface area (TPSA) is 86.8 Å². The lowest BCUT2D eigenvalue weighted by Crippen LogP contribution is -2.13. The predicted octanol–water partition coefficient (Wildman–Crippen LogP) is 5.28. The van der Waals surface area contributed by atoms with Crippen LogP contribution in [0.15, 0.2) is 125 Å². The quantitative estimate of drug-likeness (QED) is 0.182. The number of nitrogens with two attached hydrogens (primary N) is 1. The molecule has 170 valence electrons. The average Bonchev–Trinajstić information content (AvgIpc) is 2.79. The van der Waals surface area contributed by atoms with Crippen LogP contribution in [0, 0.1) is 6.92 Å². The SMILES string of the molecule is C=CN\C=C/C(=C\C)C1=C/C(=C)/C=C\C(C/N=C(\C=C/N=C)Nc2ccc(N)c(C)c2)=C/N\1. The molecule has 0 amide bonds. The highest BCUT2D eigenvalue weighted by Gasteiger charge is 2.05. The summed E-state index contributed by atoms with van der Waals surface area (Å²) < 4.78 is 0. The Bertz CT molecular complexity index is 1090. The Kier molecular flexibility index (Phi) is 9.95. The van der Waals surface area contributed by atoms with E-state index in [2.05, 4.69) is 40.8 Å². The van der Waals surface area contributed by atoms with E-state index in [-0.39, 0.29) is 0 Å². The van der Waals surface area contributed by atoms with E-state index in [1.54, 1.807) is 18.5 Å². The Morgan fingerprint density at radius 2 is 2.06 bits per heavy atom. The van der Waals surface area contributed by atoms with Gasteiger partial charge in [0.05, 0.1) is 6.54 Å². The zero-order valence-corrected chi connectivity index (χ0v) is 19.3. The van der Waals surface area contributed by atoms with Gasteiger partial charge >= 0.3 is 0 Å². The molecule has 0 aromatic heterocycles. The van der Waals surface area contributed by atoms with Crippen LogP contribution in [0.3, 0.4) is 0 Å². The molecule has 0 bridgehead atoms. The number of hydrogen-bond donors (Lipinski definition) is 4. The Balaban J connectivity index is 2.23. The Morgan fingerprint density at radius 1 is 1.24 bits per heavy atom. The Hall–Kier alpha value is -4.32. The molecule has 0 atom stereocenters. The average molecular weight is 441 g/mol. The Labute approximate surface area is 196 Å². The van der Waals surface area contributed by atoms with Crippen molar-refractivity contribution in [2.75, 3.05) is 17.6 Å². The van der Waals surface area contributed by atoms with Crippen LogP contribution in [0.5, 0.6) is 0 Å². The number of nitrogens with zero attached hydrogens (tertiary/aromatic N) is 2.